The zero-order chi connectivity index (χ0) is 18.5. The number of amides is 1. The Morgan fingerprint density at radius 1 is 1.00 bits per heavy atom. The molecule has 2 N–H and O–H groups in total. The predicted octanol–water partition coefficient (Wildman–Crippen LogP) is 3.35. The third kappa shape index (κ3) is 3.46. The minimum Gasteiger partial charge on any atom is -0.493 e. The van der Waals surface area contributed by atoms with E-state index in [-0.39, 0.29) is 5.91 Å². The maximum Gasteiger partial charge on any atom is 0.255 e. The summed E-state index contributed by atoms with van der Waals surface area (Å²) in [5.41, 5.74) is 2.85. The molecule has 26 heavy (non-hydrogen) atoms. The van der Waals surface area contributed by atoms with Gasteiger partial charge in [0, 0.05) is 23.0 Å². The molecule has 0 aliphatic carbocycles. The molecule has 1 aromatic heterocycles. The zero-order valence-corrected chi connectivity index (χ0v) is 14.7. The number of anilines is 1. The summed E-state index contributed by atoms with van der Waals surface area (Å²) < 4.78 is 15.9. The number of carbonyl (C=O) groups is 1. The topological polar surface area (TPSA) is 85.5 Å². The largest absolute Gasteiger partial charge is 0.493 e. The number of carbonyl (C=O) groups excluding carboxylic acids is 1. The van der Waals surface area contributed by atoms with Crippen LogP contribution in [0.25, 0.3) is 11.3 Å². The Bertz CT molecular complexity index is 882. The normalized spacial score (nSPS) is 10.3. The minimum atomic E-state index is -0.286. The molecule has 0 bridgehead atoms. The van der Waals surface area contributed by atoms with E-state index < -0.39 is 0 Å². The van der Waals surface area contributed by atoms with Crippen LogP contribution in [-0.4, -0.2) is 37.4 Å². The van der Waals surface area contributed by atoms with Crippen molar-refractivity contribution < 1.29 is 19.0 Å². The van der Waals surface area contributed by atoms with Gasteiger partial charge in [-0.15, -0.1) is 0 Å². The number of aromatic amines is 1. The maximum atomic E-state index is 12.7. The fraction of sp³-hybridized carbons (Fsp3) is 0.158. The molecule has 3 rings (SSSR count). The van der Waals surface area contributed by atoms with Crippen LogP contribution in [0.1, 0.15) is 10.4 Å². The molecule has 7 nitrogen and oxygen atoms in total. The highest BCUT2D eigenvalue weighted by Crippen LogP contribution is 2.38. The second-order valence-electron chi connectivity index (χ2n) is 5.42. The van der Waals surface area contributed by atoms with Crippen molar-refractivity contribution in [2.24, 2.45) is 0 Å². The number of methoxy groups -OCH3 is 3. The summed E-state index contributed by atoms with van der Waals surface area (Å²) in [6.45, 7) is 0. The zero-order valence-electron chi connectivity index (χ0n) is 14.7. The van der Waals surface area contributed by atoms with Crippen molar-refractivity contribution >= 4 is 11.6 Å². The number of hydrogen-bond acceptors (Lipinski definition) is 5. The highest BCUT2D eigenvalue weighted by molar-refractivity contribution is 6.05. The van der Waals surface area contributed by atoms with E-state index in [0.29, 0.717) is 28.5 Å². The Kier molecular flexibility index (Phi) is 5.07. The second-order valence-corrected chi connectivity index (χ2v) is 5.42. The minimum absolute atomic E-state index is 0.286. The molecule has 1 heterocycles. The van der Waals surface area contributed by atoms with Crippen LogP contribution in [-0.2, 0) is 0 Å². The molecule has 0 fully saturated rings. The standard InChI is InChI=1S/C19H19N3O4/c1-24-16-10-13(11-17(25-2)18(16)26-3)19(23)21-14-6-4-5-12(9-14)15-7-8-20-22-15/h4-11H,1-3H3,(H,20,22)(H,21,23). The van der Waals surface area contributed by atoms with Gasteiger partial charge in [0.1, 0.15) is 0 Å². The third-order valence-corrected chi connectivity index (χ3v) is 3.86. The van der Waals surface area contributed by atoms with Gasteiger partial charge >= 0.3 is 0 Å². The number of H-pyrrole nitrogens is 1. The lowest BCUT2D eigenvalue weighted by Gasteiger charge is -2.14. The first-order chi connectivity index (χ1) is 12.7. The summed E-state index contributed by atoms with van der Waals surface area (Å²) in [4.78, 5) is 12.7. The van der Waals surface area contributed by atoms with Crippen molar-refractivity contribution in [3.63, 3.8) is 0 Å². The number of rotatable bonds is 6. The van der Waals surface area contributed by atoms with E-state index in [1.807, 2.05) is 30.3 Å². The van der Waals surface area contributed by atoms with Gasteiger partial charge in [-0.1, -0.05) is 12.1 Å². The van der Waals surface area contributed by atoms with Gasteiger partial charge in [0.25, 0.3) is 5.91 Å². The highest BCUT2D eigenvalue weighted by atomic mass is 16.5. The van der Waals surface area contributed by atoms with Gasteiger partial charge in [0.05, 0.1) is 27.0 Å². The van der Waals surface area contributed by atoms with Gasteiger partial charge in [0.15, 0.2) is 11.5 Å². The predicted molar refractivity (Wildman–Crippen MR) is 98.1 cm³/mol. The summed E-state index contributed by atoms with van der Waals surface area (Å²) in [6.07, 6.45) is 1.68. The molecule has 7 heteroatoms. The number of nitrogens with zero attached hydrogens (tertiary/aromatic N) is 1. The first kappa shape index (κ1) is 17.3. The van der Waals surface area contributed by atoms with E-state index in [4.69, 9.17) is 14.2 Å². The van der Waals surface area contributed by atoms with E-state index in [1.54, 1.807) is 18.3 Å². The van der Waals surface area contributed by atoms with E-state index in [0.717, 1.165) is 11.3 Å². The number of benzene rings is 2. The fourth-order valence-corrected chi connectivity index (χ4v) is 2.60. The van der Waals surface area contributed by atoms with Crippen LogP contribution >= 0.6 is 0 Å². The average Bonchev–Trinajstić information content (AvgIpc) is 3.21. The lowest BCUT2D eigenvalue weighted by molar-refractivity contribution is 0.102. The molecule has 1 amide bonds. The SMILES string of the molecule is COc1cc(C(=O)Nc2cccc(-c3ccn[nH]3)c2)cc(OC)c1OC. The van der Waals surface area contributed by atoms with Crippen molar-refractivity contribution in [1.29, 1.82) is 0 Å². The monoisotopic (exact) mass is 353 g/mol. The average molecular weight is 353 g/mol. The number of ether oxygens (including phenoxy) is 3. The molecular weight excluding hydrogens is 334 g/mol. The maximum absolute atomic E-state index is 12.7. The summed E-state index contributed by atoms with van der Waals surface area (Å²) >= 11 is 0. The Labute approximate surface area is 150 Å². The number of nitrogens with one attached hydrogen (secondary N) is 2. The van der Waals surface area contributed by atoms with Crippen LogP contribution in [0.4, 0.5) is 5.69 Å². The molecule has 0 saturated heterocycles. The molecule has 0 radical (unpaired) electrons. The van der Waals surface area contributed by atoms with Crippen molar-refractivity contribution in [2.75, 3.05) is 26.6 Å². The summed E-state index contributed by atoms with van der Waals surface area (Å²) in [5, 5.41) is 9.71. The molecule has 134 valence electrons. The second kappa shape index (κ2) is 7.60. The highest BCUT2D eigenvalue weighted by Gasteiger charge is 2.17. The number of aromatic nitrogens is 2. The van der Waals surface area contributed by atoms with Gasteiger partial charge < -0.3 is 19.5 Å². The molecule has 0 aliphatic heterocycles. The van der Waals surface area contributed by atoms with Crippen LogP contribution in [0.3, 0.4) is 0 Å². The Balaban J connectivity index is 1.88. The van der Waals surface area contributed by atoms with Crippen molar-refractivity contribution in [3.8, 4) is 28.5 Å². The van der Waals surface area contributed by atoms with E-state index in [1.165, 1.54) is 21.3 Å². The van der Waals surface area contributed by atoms with E-state index in [9.17, 15) is 4.79 Å². The van der Waals surface area contributed by atoms with Gasteiger partial charge in [-0.05, 0) is 30.3 Å². The quantitative estimate of drug-likeness (QED) is 0.710. The summed E-state index contributed by atoms with van der Waals surface area (Å²) in [7, 11) is 4.53. The lowest BCUT2D eigenvalue weighted by atomic mass is 10.1. The molecule has 0 unspecified atom stereocenters. The molecule has 0 saturated carbocycles. The molecule has 2 aromatic carbocycles. The van der Waals surface area contributed by atoms with Crippen LogP contribution < -0.4 is 19.5 Å². The number of hydrogen-bond donors (Lipinski definition) is 2. The van der Waals surface area contributed by atoms with Crippen LogP contribution in [0.2, 0.25) is 0 Å². The molecular formula is C19H19N3O4. The van der Waals surface area contributed by atoms with Gasteiger partial charge in [-0.2, -0.15) is 5.10 Å². The lowest BCUT2D eigenvalue weighted by Crippen LogP contribution is -2.12. The van der Waals surface area contributed by atoms with Crippen molar-refractivity contribution in [1.82, 2.24) is 10.2 Å². The molecule has 0 aliphatic rings. The first-order valence-electron chi connectivity index (χ1n) is 7.87. The van der Waals surface area contributed by atoms with E-state index in [2.05, 4.69) is 15.5 Å². The van der Waals surface area contributed by atoms with Crippen molar-refractivity contribution in [2.45, 2.75) is 0 Å². The smallest absolute Gasteiger partial charge is 0.255 e. The van der Waals surface area contributed by atoms with Crippen LogP contribution in [0, 0.1) is 0 Å². The Morgan fingerprint density at radius 2 is 1.73 bits per heavy atom. The molecule has 3 aromatic rings. The third-order valence-electron chi connectivity index (χ3n) is 3.86. The summed E-state index contributed by atoms with van der Waals surface area (Å²) in [6, 6.07) is 12.5. The van der Waals surface area contributed by atoms with Crippen LogP contribution in [0.5, 0.6) is 17.2 Å². The van der Waals surface area contributed by atoms with Gasteiger partial charge in [0.2, 0.25) is 5.75 Å². The Hall–Kier alpha value is -3.48. The van der Waals surface area contributed by atoms with Crippen LogP contribution in [0.15, 0.2) is 48.7 Å². The first-order valence-corrected chi connectivity index (χ1v) is 7.87. The van der Waals surface area contributed by atoms with Gasteiger partial charge in [-0.3, -0.25) is 9.89 Å². The molecule has 0 atom stereocenters. The Morgan fingerprint density at radius 3 is 2.31 bits per heavy atom. The molecule has 0 spiro atoms. The fourth-order valence-electron chi connectivity index (χ4n) is 2.60. The van der Waals surface area contributed by atoms with Crippen molar-refractivity contribution in [3.05, 3.63) is 54.2 Å². The van der Waals surface area contributed by atoms with Gasteiger partial charge in [-0.25, -0.2) is 0 Å². The summed E-state index contributed by atoms with van der Waals surface area (Å²) in [5.74, 6) is 0.991. The van der Waals surface area contributed by atoms with E-state index >= 15 is 0 Å².